The molecular weight excluding hydrogens is 301 g/mol. The molecule has 5 nitrogen and oxygen atoms in total. The predicted octanol–water partition coefficient (Wildman–Crippen LogP) is 1.55. The van der Waals surface area contributed by atoms with E-state index in [1.165, 1.54) is 17.9 Å². The van der Waals surface area contributed by atoms with Gasteiger partial charge in [0.2, 0.25) is 0 Å². The number of aliphatic hydroxyl groups excluding tert-OH is 1. The molecule has 8 heteroatoms. The zero-order valence-corrected chi connectivity index (χ0v) is 11.8. The number of halogens is 3. The van der Waals surface area contributed by atoms with Gasteiger partial charge in [0.1, 0.15) is 0 Å². The third-order valence-electron chi connectivity index (χ3n) is 3.53. The highest BCUT2D eigenvalue weighted by Gasteiger charge is 2.34. The Morgan fingerprint density at radius 2 is 2.05 bits per heavy atom. The molecular formula is C14H15F3N2O3. The highest BCUT2D eigenvalue weighted by Crippen LogP contribution is 2.34. The summed E-state index contributed by atoms with van der Waals surface area (Å²) in [5.74, 6) is -1.88. The van der Waals surface area contributed by atoms with Gasteiger partial charge in [-0.15, -0.1) is 0 Å². The summed E-state index contributed by atoms with van der Waals surface area (Å²) >= 11 is 0. The standard InChI is InChI=1S/C14H15F3N2O3/c1-8-10(14(15,16)17)3-2-4-11(8)18-12(21)13(22)19-6-5-9(20)7-19/h2-4,9,20H,5-7H2,1H3,(H,18,21)/t9-/m1/s1. The Hall–Kier alpha value is -2.09. The number of carbonyl (C=O) groups excluding carboxylic acids is 2. The molecule has 2 amide bonds. The van der Waals surface area contributed by atoms with Crippen LogP contribution in [0.1, 0.15) is 17.5 Å². The number of amides is 2. The van der Waals surface area contributed by atoms with Crippen LogP contribution in [0.2, 0.25) is 0 Å². The SMILES string of the molecule is Cc1c(NC(=O)C(=O)N2CC[C@@H](O)C2)cccc1C(F)(F)F. The number of rotatable bonds is 1. The maximum atomic E-state index is 12.8. The summed E-state index contributed by atoms with van der Waals surface area (Å²) in [7, 11) is 0. The van der Waals surface area contributed by atoms with Crippen molar-refractivity contribution in [2.75, 3.05) is 18.4 Å². The van der Waals surface area contributed by atoms with Gasteiger partial charge in [0, 0.05) is 18.8 Å². The molecule has 2 N–H and O–H groups in total. The first-order valence-corrected chi connectivity index (χ1v) is 6.65. The van der Waals surface area contributed by atoms with Crippen molar-refractivity contribution in [2.24, 2.45) is 0 Å². The molecule has 2 rings (SSSR count). The van der Waals surface area contributed by atoms with Crippen molar-refractivity contribution in [3.63, 3.8) is 0 Å². The number of nitrogens with zero attached hydrogens (tertiary/aromatic N) is 1. The summed E-state index contributed by atoms with van der Waals surface area (Å²) in [6, 6.07) is 3.37. The first-order valence-electron chi connectivity index (χ1n) is 6.65. The number of carbonyl (C=O) groups is 2. The molecule has 1 saturated heterocycles. The van der Waals surface area contributed by atoms with Gasteiger partial charge in [0.25, 0.3) is 0 Å². The Labute approximate surface area is 124 Å². The van der Waals surface area contributed by atoms with E-state index in [-0.39, 0.29) is 24.3 Å². The van der Waals surface area contributed by atoms with Crippen LogP contribution in [0.3, 0.4) is 0 Å². The lowest BCUT2D eigenvalue weighted by molar-refractivity contribution is -0.142. The van der Waals surface area contributed by atoms with Crippen molar-refractivity contribution in [2.45, 2.75) is 25.6 Å². The third kappa shape index (κ3) is 3.38. The minimum atomic E-state index is -4.53. The minimum absolute atomic E-state index is 0.0494. The van der Waals surface area contributed by atoms with Crippen molar-refractivity contribution in [3.8, 4) is 0 Å². The van der Waals surface area contributed by atoms with Gasteiger partial charge in [-0.25, -0.2) is 0 Å². The molecule has 1 fully saturated rings. The molecule has 1 aromatic carbocycles. The lowest BCUT2D eigenvalue weighted by Gasteiger charge is -2.17. The van der Waals surface area contributed by atoms with Gasteiger partial charge in [-0.2, -0.15) is 13.2 Å². The third-order valence-corrected chi connectivity index (χ3v) is 3.53. The van der Waals surface area contributed by atoms with Crippen LogP contribution in [0, 0.1) is 6.92 Å². The Balaban J connectivity index is 2.14. The number of nitrogens with one attached hydrogen (secondary N) is 1. The Kier molecular flexibility index (Phi) is 4.41. The van der Waals surface area contributed by atoms with E-state index in [1.807, 2.05) is 0 Å². The monoisotopic (exact) mass is 316 g/mol. The van der Waals surface area contributed by atoms with Crippen LogP contribution in [0.4, 0.5) is 18.9 Å². The van der Waals surface area contributed by atoms with Gasteiger partial charge >= 0.3 is 18.0 Å². The number of anilines is 1. The summed E-state index contributed by atoms with van der Waals surface area (Å²) in [6.45, 7) is 1.52. The van der Waals surface area contributed by atoms with Crippen molar-refractivity contribution in [1.29, 1.82) is 0 Å². The summed E-state index contributed by atoms with van der Waals surface area (Å²) in [4.78, 5) is 24.9. The molecule has 1 aliphatic rings. The molecule has 0 saturated carbocycles. The van der Waals surface area contributed by atoms with Crippen molar-refractivity contribution in [1.82, 2.24) is 4.90 Å². The molecule has 0 spiro atoms. The second kappa shape index (κ2) is 5.96. The quantitative estimate of drug-likeness (QED) is 0.772. The van der Waals surface area contributed by atoms with E-state index in [4.69, 9.17) is 0 Å². The second-order valence-corrected chi connectivity index (χ2v) is 5.12. The molecule has 1 atom stereocenters. The molecule has 0 radical (unpaired) electrons. The van der Waals surface area contributed by atoms with E-state index < -0.39 is 29.7 Å². The Bertz CT molecular complexity index is 601. The van der Waals surface area contributed by atoms with Crippen molar-refractivity contribution in [3.05, 3.63) is 29.3 Å². The van der Waals surface area contributed by atoms with Gasteiger partial charge in [-0.1, -0.05) is 6.07 Å². The van der Waals surface area contributed by atoms with E-state index in [0.29, 0.717) is 6.42 Å². The van der Waals surface area contributed by atoms with Gasteiger partial charge in [0.05, 0.1) is 11.7 Å². The molecule has 0 aliphatic carbocycles. The van der Waals surface area contributed by atoms with Crippen LogP contribution in [-0.2, 0) is 15.8 Å². The van der Waals surface area contributed by atoms with Crippen LogP contribution in [0.5, 0.6) is 0 Å². The Morgan fingerprint density at radius 1 is 1.36 bits per heavy atom. The highest BCUT2D eigenvalue weighted by atomic mass is 19.4. The topological polar surface area (TPSA) is 69.6 Å². The molecule has 1 heterocycles. The van der Waals surface area contributed by atoms with Crippen LogP contribution in [0.15, 0.2) is 18.2 Å². The number of hydrogen-bond acceptors (Lipinski definition) is 3. The molecule has 22 heavy (non-hydrogen) atoms. The van der Waals surface area contributed by atoms with E-state index in [9.17, 15) is 27.9 Å². The van der Waals surface area contributed by atoms with Crippen LogP contribution in [0.25, 0.3) is 0 Å². The molecule has 0 unspecified atom stereocenters. The fourth-order valence-corrected chi connectivity index (χ4v) is 2.32. The van der Waals surface area contributed by atoms with Crippen LogP contribution in [-0.4, -0.2) is 41.0 Å². The van der Waals surface area contributed by atoms with Gasteiger partial charge in [-0.3, -0.25) is 9.59 Å². The van der Waals surface area contributed by atoms with Crippen LogP contribution < -0.4 is 5.32 Å². The van der Waals surface area contributed by atoms with Crippen molar-refractivity contribution < 1.29 is 27.9 Å². The largest absolute Gasteiger partial charge is 0.416 e. The predicted molar refractivity (Wildman–Crippen MR) is 72.0 cm³/mol. The summed E-state index contributed by atoms with van der Waals surface area (Å²) < 4.78 is 38.4. The van der Waals surface area contributed by atoms with E-state index in [0.717, 1.165) is 12.1 Å². The summed E-state index contributed by atoms with van der Waals surface area (Å²) in [5, 5.41) is 11.5. The van der Waals surface area contributed by atoms with Crippen LogP contribution >= 0.6 is 0 Å². The lowest BCUT2D eigenvalue weighted by Crippen LogP contribution is -2.38. The first kappa shape index (κ1) is 16.3. The van der Waals surface area contributed by atoms with Gasteiger partial charge < -0.3 is 15.3 Å². The smallest absolute Gasteiger partial charge is 0.391 e. The summed E-state index contributed by atoms with van der Waals surface area (Å²) in [5.41, 5.74) is -1.08. The zero-order valence-electron chi connectivity index (χ0n) is 11.8. The molecule has 1 aliphatic heterocycles. The minimum Gasteiger partial charge on any atom is -0.391 e. The van der Waals surface area contributed by atoms with Gasteiger partial charge in [0.15, 0.2) is 0 Å². The maximum absolute atomic E-state index is 12.8. The summed E-state index contributed by atoms with van der Waals surface area (Å²) in [6.07, 6.45) is -4.83. The van der Waals surface area contributed by atoms with Crippen molar-refractivity contribution >= 4 is 17.5 Å². The lowest BCUT2D eigenvalue weighted by atomic mass is 10.1. The maximum Gasteiger partial charge on any atom is 0.416 e. The number of β-amino-alcohol motifs (C(OH)–C–C–N with tert-alkyl or cyclic N) is 1. The zero-order chi connectivity index (χ0) is 16.5. The molecule has 1 aromatic rings. The van der Waals surface area contributed by atoms with E-state index in [2.05, 4.69) is 5.32 Å². The highest BCUT2D eigenvalue weighted by molar-refractivity contribution is 6.39. The first-order chi connectivity index (χ1) is 10.2. The number of likely N-dealkylation sites (tertiary alicyclic amines) is 1. The molecule has 120 valence electrons. The number of alkyl halides is 3. The average Bonchev–Trinajstić information content (AvgIpc) is 2.85. The van der Waals surface area contributed by atoms with E-state index in [1.54, 1.807) is 0 Å². The molecule has 0 bridgehead atoms. The molecule has 0 aromatic heterocycles. The second-order valence-electron chi connectivity index (χ2n) is 5.12. The normalized spacial score (nSPS) is 18.4. The Morgan fingerprint density at radius 3 is 2.59 bits per heavy atom. The number of aliphatic hydroxyl groups is 1. The van der Waals surface area contributed by atoms with E-state index >= 15 is 0 Å². The number of hydrogen-bond donors (Lipinski definition) is 2. The average molecular weight is 316 g/mol. The fraction of sp³-hybridized carbons (Fsp3) is 0.429. The van der Waals surface area contributed by atoms with Gasteiger partial charge in [-0.05, 0) is 31.0 Å². The number of benzene rings is 1. The fourth-order valence-electron chi connectivity index (χ4n) is 2.32.